The molecule has 50 heavy (non-hydrogen) atoms. The second-order valence-electron chi connectivity index (χ2n) is 6.48. The summed E-state index contributed by atoms with van der Waals surface area (Å²) in [5, 5.41) is 83.1. The number of aliphatic hydroxyl groups excluding tert-OH is 3. The maximum atomic E-state index is 10.1. The van der Waals surface area contributed by atoms with Gasteiger partial charge in [-0.25, -0.2) is 0 Å². The molecule has 0 aliphatic carbocycles. The van der Waals surface area contributed by atoms with Crippen molar-refractivity contribution in [1.29, 1.82) is 0 Å². The van der Waals surface area contributed by atoms with Gasteiger partial charge in [0.2, 0.25) is 0 Å². The maximum absolute atomic E-state index is 10.1. The van der Waals surface area contributed by atoms with Crippen LogP contribution in [-0.2, 0) is 43.0 Å². The maximum Gasteiger partial charge on any atom is 3.00 e. The molecule has 0 atom stereocenters. The molecule has 0 heterocycles. The van der Waals surface area contributed by atoms with E-state index in [1.807, 2.05) is 0 Å². The number of hydrogen-bond acceptors (Lipinski definition) is 30. The molecule has 0 aliphatic heterocycles. The molecule has 3 N–H and O–H groups in total. The zero-order valence-corrected chi connectivity index (χ0v) is 41.9. The van der Waals surface area contributed by atoms with E-state index in [-0.39, 0.29) is 92.0 Å². The molecular weight excluding hydrogens is 1310 g/mol. The average molecular weight is 1340 g/mol. The minimum atomic E-state index is -1.91. The van der Waals surface area contributed by atoms with E-state index >= 15 is 0 Å². The Morgan fingerprint density at radius 3 is 0.620 bits per heavy atom. The Kier molecular flexibility index (Phi) is 58.0. The molecule has 292 valence electrons. The van der Waals surface area contributed by atoms with Gasteiger partial charge in [0.05, 0.1) is 89.2 Å². The zero-order valence-electron chi connectivity index (χ0n) is 24.2. The number of carbonyl (C=O) groups is 6. The van der Waals surface area contributed by atoms with E-state index < -0.39 is 62.4 Å². The summed E-state index contributed by atoms with van der Waals surface area (Å²) in [6.45, 7) is -1.26. The van der Waals surface area contributed by atoms with Crippen LogP contribution < -0.4 is 30.6 Å². The third-order valence-corrected chi connectivity index (χ3v) is 5.75. The number of thiol groups is 12. The van der Waals surface area contributed by atoms with Gasteiger partial charge in [0.15, 0.2) is 12.8 Å². The molecule has 0 aliphatic rings. The van der Waals surface area contributed by atoms with Crippen LogP contribution in [0.1, 0.15) is 0 Å². The quantitative estimate of drug-likeness (QED) is 0.0411. The van der Waals surface area contributed by atoms with Crippen molar-refractivity contribution in [2.24, 2.45) is 0 Å². The number of aliphatic carboxylic acids is 6. The summed E-state index contributed by atoms with van der Waals surface area (Å²) in [7, 11) is 0. The Labute approximate surface area is 390 Å². The summed E-state index contributed by atoms with van der Waals surface area (Å²) >= 11 is 41.3. The second kappa shape index (κ2) is 41.2. The van der Waals surface area contributed by atoms with E-state index in [0.717, 1.165) is 0 Å². The molecule has 32 heteroatoms. The predicted octanol–water partition coefficient (Wildman–Crippen LogP) is -9.22. The van der Waals surface area contributed by atoms with E-state index in [2.05, 4.69) is 166 Å². The van der Waals surface area contributed by atoms with Gasteiger partial charge in [-0.1, -0.05) is 0 Å². The number of aliphatic hydroxyl groups is 3. The third-order valence-electron chi connectivity index (χ3n) is 2.61. The number of carboxylic acid groups (broad SMARTS) is 6. The Morgan fingerprint density at radius 2 is 0.560 bits per heavy atom. The first-order valence-electron chi connectivity index (χ1n) is 10.9. The minimum Gasteiger partial charge on any atom is -0.548 e. The van der Waals surface area contributed by atoms with Crippen molar-refractivity contribution in [2.75, 3.05) is 39.6 Å². The molecular formula is C18H30Bi2O18S12. The van der Waals surface area contributed by atoms with Crippen LogP contribution >= 0.6 is 152 Å². The first-order chi connectivity index (χ1) is 21.4. The summed E-state index contributed by atoms with van der Waals surface area (Å²) in [6.07, 6.45) is 0. The van der Waals surface area contributed by atoms with Crippen LogP contribution in [0.15, 0.2) is 0 Å². The van der Waals surface area contributed by atoms with Crippen LogP contribution in [0, 0.1) is 0 Å². The van der Waals surface area contributed by atoms with Gasteiger partial charge in [-0.05, 0) is 0 Å². The van der Waals surface area contributed by atoms with Crippen molar-refractivity contribution in [3.05, 3.63) is 0 Å². The standard InChI is InChI=1S/3C4H8O4S2.3C2H4O2S2.2Bi/c3*5-1-2-8-4(9,10)3(6)7;3*3-1(4)2(5)6;;/h3*5,9-10H,1-2H2,(H,6,7);3*2,5-6H,(H,3,4);;/q;;;;;;2*+3/p-6. The van der Waals surface area contributed by atoms with E-state index in [1.165, 1.54) is 0 Å². The van der Waals surface area contributed by atoms with Crippen molar-refractivity contribution < 1.29 is 88.9 Å². The molecule has 4 radical (unpaired) electrons. The number of hydrogen-bond donors (Lipinski definition) is 15. The second-order valence-corrected chi connectivity index (χ2v) is 15.6. The zero-order chi connectivity index (χ0) is 40.1. The number of ether oxygens (including phenoxy) is 3. The number of carboxylic acids is 6. The van der Waals surface area contributed by atoms with Gasteiger partial charge in [-0.3, -0.25) is 0 Å². The summed E-state index contributed by atoms with van der Waals surface area (Å²) in [6, 6.07) is 0. The molecule has 0 fully saturated rings. The van der Waals surface area contributed by atoms with Crippen molar-refractivity contribution in [3.63, 3.8) is 0 Å². The van der Waals surface area contributed by atoms with E-state index in [4.69, 9.17) is 15.3 Å². The Hall–Kier alpha value is 2.55. The topological polar surface area (TPSA) is 329 Å². The normalized spacial score (nSPS) is 10.2. The molecule has 0 aromatic heterocycles. The fourth-order valence-corrected chi connectivity index (χ4v) is 1.29. The van der Waals surface area contributed by atoms with Crippen LogP contribution in [0.3, 0.4) is 0 Å². The van der Waals surface area contributed by atoms with Crippen LogP contribution in [0.5, 0.6) is 0 Å². The van der Waals surface area contributed by atoms with Gasteiger partial charge >= 0.3 is 52.4 Å². The molecule has 0 bridgehead atoms. The van der Waals surface area contributed by atoms with Gasteiger partial charge in [0.25, 0.3) is 0 Å². The van der Waals surface area contributed by atoms with Crippen LogP contribution in [-0.4, -0.2) is 170 Å². The number of rotatable bonds is 15. The van der Waals surface area contributed by atoms with E-state index in [9.17, 15) is 59.4 Å². The van der Waals surface area contributed by atoms with Crippen LogP contribution in [0.2, 0.25) is 0 Å². The SMILES string of the molecule is O=C([O-])C(S)(S)OCCO.O=C([O-])C(S)(S)OCCO.O=C([O-])C(S)(S)OCCO.O=C([O-])C(S)S.O=C([O-])C(S)S.O=C([O-])C(S)S.[Bi+3].[Bi+3]. The minimum absolute atomic E-state index is 0. The van der Waals surface area contributed by atoms with Crippen molar-refractivity contribution in [2.45, 2.75) is 26.5 Å². The fraction of sp³-hybridized carbons (Fsp3) is 0.667. The molecule has 0 saturated heterocycles. The summed E-state index contributed by atoms with van der Waals surface area (Å²) < 4.78 is 4.77. The predicted molar refractivity (Wildman–Crippen MR) is 208 cm³/mol. The molecule has 0 aromatic carbocycles. The van der Waals surface area contributed by atoms with Gasteiger partial charge in [0, 0.05) is 0 Å². The van der Waals surface area contributed by atoms with E-state index in [0.29, 0.717) is 0 Å². The Balaban J connectivity index is -0.0000000711. The molecule has 0 unspecified atom stereocenters. The molecule has 0 saturated carbocycles. The summed E-state index contributed by atoms with van der Waals surface area (Å²) in [4.78, 5) is 58.5. The van der Waals surface area contributed by atoms with Gasteiger partial charge < -0.3 is 88.9 Å². The average Bonchev–Trinajstić information content (AvgIpc) is 2.95. The largest absolute Gasteiger partial charge is 3.00 e. The van der Waals surface area contributed by atoms with Crippen LogP contribution in [0.4, 0.5) is 0 Å². The molecule has 0 amide bonds. The fourth-order valence-electron chi connectivity index (χ4n) is 0.741. The molecule has 0 aromatic rings. The van der Waals surface area contributed by atoms with Crippen molar-refractivity contribution >= 4 is 240 Å². The van der Waals surface area contributed by atoms with Crippen molar-refractivity contribution in [3.8, 4) is 0 Å². The first kappa shape index (κ1) is 70.4. The summed E-state index contributed by atoms with van der Waals surface area (Å²) in [5.41, 5.74) is 0. The third kappa shape index (κ3) is 54.9. The molecule has 0 rings (SSSR count). The monoisotopic (exact) mass is 1340 g/mol. The molecule has 18 nitrogen and oxygen atoms in total. The number of carbonyl (C=O) groups excluding carboxylic acids is 6. The van der Waals surface area contributed by atoms with Gasteiger partial charge in [-0.2, -0.15) is 75.8 Å². The summed E-state index contributed by atoms with van der Waals surface area (Å²) in [5.74, 6) is -8.43. The van der Waals surface area contributed by atoms with E-state index in [1.54, 1.807) is 0 Å². The van der Waals surface area contributed by atoms with Crippen molar-refractivity contribution in [1.82, 2.24) is 0 Å². The Bertz CT molecular complexity index is 819. The first-order valence-corrected chi connectivity index (χ1v) is 16.7. The van der Waals surface area contributed by atoms with Gasteiger partial charge in [0.1, 0.15) is 0 Å². The molecule has 0 spiro atoms. The Morgan fingerprint density at radius 1 is 0.440 bits per heavy atom. The van der Waals surface area contributed by atoms with Crippen LogP contribution in [0.25, 0.3) is 0 Å². The smallest absolute Gasteiger partial charge is 0.548 e. The van der Waals surface area contributed by atoms with Gasteiger partial charge in [-0.15, -0.1) is 75.8 Å².